The standard InChI is InChI=1S/C18H23ClN2/c1-21(12-6-9-15-7-3-2-4-8-15)18(14-20)16-10-5-11-17(19)13-16/h2-5,7-8,10-11,13,18H,6,9,12,14,20H2,1H3. The van der Waals surface area contributed by atoms with Crippen molar-refractivity contribution in [2.24, 2.45) is 5.73 Å². The molecule has 0 saturated heterocycles. The molecule has 0 radical (unpaired) electrons. The molecule has 2 nitrogen and oxygen atoms in total. The van der Waals surface area contributed by atoms with E-state index in [0.29, 0.717) is 6.54 Å². The summed E-state index contributed by atoms with van der Waals surface area (Å²) >= 11 is 6.08. The molecule has 1 atom stereocenters. The Labute approximate surface area is 132 Å². The second kappa shape index (κ2) is 8.18. The fraction of sp³-hybridized carbons (Fsp3) is 0.333. The number of aryl methyl sites for hydroxylation is 1. The average molecular weight is 303 g/mol. The Morgan fingerprint density at radius 1 is 1.10 bits per heavy atom. The van der Waals surface area contributed by atoms with Gasteiger partial charge >= 0.3 is 0 Å². The molecule has 2 aromatic carbocycles. The summed E-state index contributed by atoms with van der Waals surface area (Å²) in [5.74, 6) is 0. The summed E-state index contributed by atoms with van der Waals surface area (Å²) in [4.78, 5) is 2.31. The van der Waals surface area contributed by atoms with Crippen LogP contribution in [0.5, 0.6) is 0 Å². The van der Waals surface area contributed by atoms with E-state index < -0.39 is 0 Å². The molecule has 0 aliphatic rings. The van der Waals surface area contributed by atoms with Crippen LogP contribution < -0.4 is 5.73 Å². The number of hydrogen-bond acceptors (Lipinski definition) is 2. The molecule has 3 heteroatoms. The average Bonchev–Trinajstić information content (AvgIpc) is 2.49. The highest BCUT2D eigenvalue weighted by Gasteiger charge is 2.15. The molecular weight excluding hydrogens is 280 g/mol. The second-order valence-corrected chi connectivity index (χ2v) is 5.81. The van der Waals surface area contributed by atoms with Crippen molar-refractivity contribution in [1.29, 1.82) is 0 Å². The third-order valence-corrected chi connectivity index (χ3v) is 4.04. The maximum Gasteiger partial charge on any atom is 0.0467 e. The third-order valence-electron chi connectivity index (χ3n) is 3.81. The van der Waals surface area contributed by atoms with Crippen molar-refractivity contribution in [3.05, 3.63) is 70.7 Å². The lowest BCUT2D eigenvalue weighted by atomic mass is 10.0. The highest BCUT2D eigenvalue weighted by Crippen LogP contribution is 2.21. The Balaban J connectivity index is 1.90. The number of rotatable bonds is 7. The molecule has 0 aliphatic carbocycles. The minimum absolute atomic E-state index is 0.222. The molecule has 2 N–H and O–H groups in total. The Morgan fingerprint density at radius 2 is 1.86 bits per heavy atom. The highest BCUT2D eigenvalue weighted by molar-refractivity contribution is 6.30. The van der Waals surface area contributed by atoms with Crippen LogP contribution >= 0.6 is 11.6 Å². The van der Waals surface area contributed by atoms with Crippen molar-refractivity contribution < 1.29 is 0 Å². The summed E-state index contributed by atoms with van der Waals surface area (Å²) in [5.41, 5.74) is 8.53. The van der Waals surface area contributed by atoms with E-state index in [-0.39, 0.29) is 6.04 Å². The van der Waals surface area contributed by atoms with E-state index in [1.54, 1.807) is 0 Å². The molecule has 0 bridgehead atoms. The fourth-order valence-corrected chi connectivity index (χ4v) is 2.82. The number of benzene rings is 2. The Kier molecular flexibility index (Phi) is 6.24. The minimum Gasteiger partial charge on any atom is -0.329 e. The Hall–Kier alpha value is -1.35. The van der Waals surface area contributed by atoms with Crippen LogP contribution in [-0.2, 0) is 6.42 Å². The molecule has 0 amide bonds. The molecule has 2 aromatic rings. The van der Waals surface area contributed by atoms with Gasteiger partial charge in [-0.05, 0) is 49.7 Å². The fourth-order valence-electron chi connectivity index (χ4n) is 2.62. The number of nitrogens with zero attached hydrogens (tertiary/aromatic N) is 1. The zero-order valence-electron chi connectivity index (χ0n) is 12.5. The van der Waals surface area contributed by atoms with Gasteiger partial charge in [0.1, 0.15) is 0 Å². The normalized spacial score (nSPS) is 12.6. The van der Waals surface area contributed by atoms with Crippen LogP contribution in [0.25, 0.3) is 0 Å². The number of likely N-dealkylation sites (N-methyl/N-ethyl adjacent to an activating group) is 1. The lowest BCUT2D eigenvalue weighted by Gasteiger charge is -2.27. The van der Waals surface area contributed by atoms with Crippen molar-refractivity contribution in [3.63, 3.8) is 0 Å². The van der Waals surface area contributed by atoms with Gasteiger partial charge in [-0.3, -0.25) is 4.90 Å². The monoisotopic (exact) mass is 302 g/mol. The summed E-state index contributed by atoms with van der Waals surface area (Å²) in [6.07, 6.45) is 2.22. The van der Waals surface area contributed by atoms with Crippen molar-refractivity contribution in [3.8, 4) is 0 Å². The Bertz CT molecular complexity index is 542. The lowest BCUT2D eigenvalue weighted by Crippen LogP contribution is -2.31. The largest absolute Gasteiger partial charge is 0.329 e. The smallest absolute Gasteiger partial charge is 0.0467 e. The van der Waals surface area contributed by atoms with Crippen molar-refractivity contribution in [2.75, 3.05) is 20.1 Å². The molecule has 21 heavy (non-hydrogen) atoms. The van der Waals surface area contributed by atoms with Gasteiger partial charge in [0.2, 0.25) is 0 Å². The van der Waals surface area contributed by atoms with Gasteiger partial charge < -0.3 is 5.73 Å². The van der Waals surface area contributed by atoms with Crippen LogP contribution in [0.1, 0.15) is 23.6 Å². The molecule has 2 rings (SSSR count). The summed E-state index contributed by atoms with van der Waals surface area (Å²) in [5, 5.41) is 0.767. The molecule has 0 aromatic heterocycles. The van der Waals surface area contributed by atoms with Gasteiger partial charge in [0, 0.05) is 17.6 Å². The topological polar surface area (TPSA) is 29.3 Å². The van der Waals surface area contributed by atoms with E-state index >= 15 is 0 Å². The van der Waals surface area contributed by atoms with Gasteiger partial charge in [-0.1, -0.05) is 54.1 Å². The van der Waals surface area contributed by atoms with Crippen LogP contribution in [0.3, 0.4) is 0 Å². The molecule has 112 valence electrons. The molecule has 0 heterocycles. The zero-order chi connectivity index (χ0) is 15.1. The van der Waals surface area contributed by atoms with Gasteiger partial charge in [-0.15, -0.1) is 0 Å². The first-order valence-corrected chi connectivity index (χ1v) is 7.78. The third kappa shape index (κ3) is 4.85. The first-order valence-electron chi connectivity index (χ1n) is 7.40. The number of halogens is 1. The summed E-state index contributed by atoms with van der Waals surface area (Å²) in [7, 11) is 2.13. The summed E-state index contributed by atoms with van der Waals surface area (Å²) in [6.45, 7) is 1.62. The summed E-state index contributed by atoms with van der Waals surface area (Å²) in [6, 6.07) is 18.8. The Morgan fingerprint density at radius 3 is 2.52 bits per heavy atom. The van der Waals surface area contributed by atoms with E-state index in [2.05, 4.69) is 48.3 Å². The predicted octanol–water partition coefficient (Wildman–Crippen LogP) is 3.90. The highest BCUT2D eigenvalue weighted by atomic mass is 35.5. The zero-order valence-corrected chi connectivity index (χ0v) is 13.3. The minimum atomic E-state index is 0.222. The van der Waals surface area contributed by atoms with Gasteiger partial charge in [-0.25, -0.2) is 0 Å². The van der Waals surface area contributed by atoms with Crippen molar-refractivity contribution in [2.45, 2.75) is 18.9 Å². The molecule has 1 unspecified atom stereocenters. The predicted molar refractivity (Wildman–Crippen MR) is 90.6 cm³/mol. The number of nitrogens with two attached hydrogens (primary N) is 1. The molecule has 0 aliphatic heterocycles. The number of hydrogen-bond donors (Lipinski definition) is 1. The first kappa shape index (κ1) is 16.0. The molecular formula is C18H23ClN2. The second-order valence-electron chi connectivity index (χ2n) is 5.38. The molecule has 0 fully saturated rings. The SMILES string of the molecule is CN(CCCc1ccccc1)C(CN)c1cccc(Cl)c1. The van der Waals surface area contributed by atoms with Crippen molar-refractivity contribution in [1.82, 2.24) is 4.90 Å². The van der Waals surface area contributed by atoms with E-state index in [1.165, 1.54) is 11.1 Å². The van der Waals surface area contributed by atoms with Crippen LogP contribution in [0.4, 0.5) is 0 Å². The molecule has 0 saturated carbocycles. The lowest BCUT2D eigenvalue weighted by molar-refractivity contribution is 0.247. The van der Waals surface area contributed by atoms with Crippen LogP contribution in [-0.4, -0.2) is 25.0 Å². The van der Waals surface area contributed by atoms with Gasteiger partial charge in [0.05, 0.1) is 0 Å². The maximum absolute atomic E-state index is 6.08. The van der Waals surface area contributed by atoms with Crippen LogP contribution in [0.2, 0.25) is 5.02 Å². The van der Waals surface area contributed by atoms with E-state index in [0.717, 1.165) is 24.4 Å². The molecule has 0 spiro atoms. The summed E-state index contributed by atoms with van der Waals surface area (Å²) < 4.78 is 0. The van der Waals surface area contributed by atoms with E-state index in [9.17, 15) is 0 Å². The van der Waals surface area contributed by atoms with Gasteiger partial charge in [0.15, 0.2) is 0 Å². The van der Waals surface area contributed by atoms with E-state index in [1.807, 2.05) is 18.2 Å². The van der Waals surface area contributed by atoms with Crippen molar-refractivity contribution >= 4 is 11.6 Å². The van der Waals surface area contributed by atoms with Gasteiger partial charge in [0.25, 0.3) is 0 Å². The van der Waals surface area contributed by atoms with Crippen LogP contribution in [0, 0.1) is 0 Å². The first-order chi connectivity index (χ1) is 10.2. The van der Waals surface area contributed by atoms with E-state index in [4.69, 9.17) is 17.3 Å². The maximum atomic E-state index is 6.08. The quantitative estimate of drug-likeness (QED) is 0.840. The van der Waals surface area contributed by atoms with Gasteiger partial charge in [-0.2, -0.15) is 0 Å². The van der Waals surface area contributed by atoms with Crippen LogP contribution in [0.15, 0.2) is 54.6 Å².